The van der Waals surface area contributed by atoms with Crippen LogP contribution in [-0.2, 0) is 14.3 Å². The van der Waals surface area contributed by atoms with Crippen molar-refractivity contribution in [2.75, 3.05) is 6.61 Å². The molecule has 0 radical (unpaired) electrons. The van der Waals surface area contributed by atoms with Crippen molar-refractivity contribution >= 4 is 18.0 Å². The summed E-state index contributed by atoms with van der Waals surface area (Å²) in [6.07, 6.45) is 3.76. The standard InChI is InChI=1S/C22H25NO3/c1-4-20(19-12-7-17(3)8-13-19)23-21(24)15-26-22(25)14-11-18-9-5-16(2)6-10-18/h5-14,20H,4,15H2,1-3H3,(H,23,24)/b14-11+/t20-/m0/s1. The SMILES string of the molecule is CC[C@H](NC(=O)COC(=O)/C=C/c1ccc(C)cc1)c1ccc(C)cc1. The molecule has 26 heavy (non-hydrogen) atoms. The first kappa shape index (κ1) is 19.4. The van der Waals surface area contributed by atoms with Crippen LogP contribution in [0.5, 0.6) is 0 Å². The zero-order valence-corrected chi connectivity index (χ0v) is 15.5. The van der Waals surface area contributed by atoms with E-state index in [1.54, 1.807) is 6.08 Å². The number of hydrogen-bond donors (Lipinski definition) is 1. The van der Waals surface area contributed by atoms with E-state index in [0.717, 1.165) is 23.1 Å². The number of amides is 1. The third kappa shape index (κ3) is 6.20. The number of aryl methyl sites for hydroxylation is 2. The molecule has 0 saturated carbocycles. The molecule has 136 valence electrons. The van der Waals surface area contributed by atoms with E-state index in [0.29, 0.717) is 0 Å². The Labute approximate surface area is 154 Å². The van der Waals surface area contributed by atoms with Crippen LogP contribution in [0.15, 0.2) is 54.6 Å². The van der Waals surface area contributed by atoms with Gasteiger partial charge in [0.15, 0.2) is 6.61 Å². The molecule has 2 rings (SSSR count). The molecule has 0 aromatic heterocycles. The van der Waals surface area contributed by atoms with E-state index in [4.69, 9.17) is 4.74 Å². The lowest BCUT2D eigenvalue weighted by atomic mass is 10.0. The van der Waals surface area contributed by atoms with E-state index >= 15 is 0 Å². The maximum Gasteiger partial charge on any atom is 0.331 e. The summed E-state index contributed by atoms with van der Waals surface area (Å²) in [6.45, 7) is 5.73. The third-order valence-corrected chi connectivity index (χ3v) is 4.06. The Hall–Kier alpha value is -2.88. The molecule has 0 aliphatic heterocycles. The lowest BCUT2D eigenvalue weighted by Crippen LogP contribution is -2.32. The molecule has 1 atom stereocenters. The first-order valence-corrected chi connectivity index (χ1v) is 8.75. The van der Waals surface area contributed by atoms with Crippen molar-refractivity contribution in [1.82, 2.24) is 5.32 Å². The first-order chi connectivity index (χ1) is 12.5. The highest BCUT2D eigenvalue weighted by Gasteiger charge is 2.13. The number of hydrogen-bond acceptors (Lipinski definition) is 3. The molecule has 0 aliphatic carbocycles. The molecule has 0 fully saturated rings. The highest BCUT2D eigenvalue weighted by molar-refractivity contribution is 5.89. The van der Waals surface area contributed by atoms with Gasteiger partial charge in [-0.2, -0.15) is 0 Å². The summed E-state index contributed by atoms with van der Waals surface area (Å²) in [6, 6.07) is 15.7. The Balaban J connectivity index is 1.82. The molecule has 0 unspecified atom stereocenters. The Morgan fingerprint density at radius 3 is 2.15 bits per heavy atom. The van der Waals surface area contributed by atoms with Gasteiger partial charge in [0.25, 0.3) is 5.91 Å². The molecular weight excluding hydrogens is 326 g/mol. The topological polar surface area (TPSA) is 55.4 Å². The Kier molecular flexibility index (Phi) is 7.15. The van der Waals surface area contributed by atoms with E-state index in [9.17, 15) is 9.59 Å². The Bertz CT molecular complexity index is 761. The van der Waals surface area contributed by atoms with Gasteiger partial charge >= 0.3 is 5.97 Å². The van der Waals surface area contributed by atoms with Crippen LogP contribution < -0.4 is 5.32 Å². The molecule has 4 heteroatoms. The van der Waals surface area contributed by atoms with Crippen LogP contribution in [0.3, 0.4) is 0 Å². The van der Waals surface area contributed by atoms with Gasteiger partial charge in [0.2, 0.25) is 0 Å². The zero-order valence-electron chi connectivity index (χ0n) is 15.5. The van der Waals surface area contributed by atoms with E-state index in [1.807, 2.05) is 69.3 Å². The Morgan fingerprint density at radius 1 is 1.00 bits per heavy atom. The van der Waals surface area contributed by atoms with E-state index in [-0.39, 0.29) is 18.6 Å². The molecule has 0 saturated heterocycles. The van der Waals surface area contributed by atoms with Crippen LogP contribution in [0.2, 0.25) is 0 Å². The number of rotatable bonds is 7. The number of benzene rings is 2. The molecule has 1 amide bonds. The van der Waals surface area contributed by atoms with Crippen molar-refractivity contribution < 1.29 is 14.3 Å². The van der Waals surface area contributed by atoms with Gasteiger partial charge in [0.1, 0.15) is 0 Å². The van der Waals surface area contributed by atoms with Crippen LogP contribution in [0.4, 0.5) is 0 Å². The van der Waals surface area contributed by atoms with Gasteiger partial charge in [-0.15, -0.1) is 0 Å². The van der Waals surface area contributed by atoms with Gasteiger partial charge in [-0.05, 0) is 37.5 Å². The minimum absolute atomic E-state index is 0.0927. The first-order valence-electron chi connectivity index (χ1n) is 8.75. The fourth-order valence-corrected chi connectivity index (χ4v) is 2.48. The summed E-state index contributed by atoms with van der Waals surface area (Å²) in [5.74, 6) is -0.848. The molecular formula is C22H25NO3. The third-order valence-electron chi connectivity index (χ3n) is 4.06. The lowest BCUT2D eigenvalue weighted by molar-refractivity contribution is -0.144. The van der Waals surface area contributed by atoms with E-state index in [1.165, 1.54) is 11.6 Å². The average Bonchev–Trinajstić information content (AvgIpc) is 2.65. The van der Waals surface area contributed by atoms with Gasteiger partial charge in [-0.25, -0.2) is 4.79 Å². The van der Waals surface area contributed by atoms with Crippen LogP contribution in [0.25, 0.3) is 6.08 Å². The minimum atomic E-state index is -0.538. The highest BCUT2D eigenvalue weighted by Crippen LogP contribution is 2.17. The van der Waals surface area contributed by atoms with Gasteiger partial charge in [0, 0.05) is 6.08 Å². The number of esters is 1. The maximum absolute atomic E-state index is 12.1. The monoisotopic (exact) mass is 351 g/mol. The molecule has 2 aromatic rings. The van der Waals surface area contributed by atoms with Crippen molar-refractivity contribution in [1.29, 1.82) is 0 Å². The van der Waals surface area contributed by atoms with Crippen LogP contribution >= 0.6 is 0 Å². The largest absolute Gasteiger partial charge is 0.452 e. The molecule has 4 nitrogen and oxygen atoms in total. The summed E-state index contributed by atoms with van der Waals surface area (Å²) in [5.41, 5.74) is 4.27. The van der Waals surface area contributed by atoms with Crippen molar-refractivity contribution in [2.45, 2.75) is 33.2 Å². The molecule has 0 heterocycles. The number of carbonyl (C=O) groups is 2. The normalized spacial score (nSPS) is 12.0. The second kappa shape index (κ2) is 9.56. The zero-order chi connectivity index (χ0) is 18.9. The average molecular weight is 351 g/mol. The smallest absolute Gasteiger partial charge is 0.331 e. The fraction of sp³-hybridized carbons (Fsp3) is 0.273. The van der Waals surface area contributed by atoms with Crippen molar-refractivity contribution in [3.8, 4) is 0 Å². The van der Waals surface area contributed by atoms with Crippen LogP contribution in [0.1, 0.15) is 41.6 Å². The van der Waals surface area contributed by atoms with E-state index < -0.39 is 5.97 Å². The summed E-state index contributed by atoms with van der Waals surface area (Å²) >= 11 is 0. The van der Waals surface area contributed by atoms with Crippen molar-refractivity contribution in [2.24, 2.45) is 0 Å². The number of ether oxygens (including phenoxy) is 1. The quantitative estimate of drug-likeness (QED) is 0.603. The predicted octanol–water partition coefficient (Wildman–Crippen LogP) is 4.13. The number of nitrogens with one attached hydrogen (secondary N) is 1. The summed E-state index contributed by atoms with van der Waals surface area (Å²) < 4.78 is 5.01. The summed E-state index contributed by atoms with van der Waals surface area (Å²) in [4.78, 5) is 23.8. The fourth-order valence-electron chi connectivity index (χ4n) is 2.48. The summed E-state index contributed by atoms with van der Waals surface area (Å²) in [7, 11) is 0. The van der Waals surface area contributed by atoms with Crippen LogP contribution in [0, 0.1) is 13.8 Å². The van der Waals surface area contributed by atoms with Gasteiger partial charge in [-0.3, -0.25) is 4.79 Å². The van der Waals surface area contributed by atoms with Gasteiger partial charge < -0.3 is 10.1 Å². The van der Waals surface area contributed by atoms with Crippen LogP contribution in [-0.4, -0.2) is 18.5 Å². The number of carbonyl (C=O) groups excluding carboxylic acids is 2. The molecule has 0 aliphatic rings. The lowest BCUT2D eigenvalue weighted by Gasteiger charge is -2.17. The van der Waals surface area contributed by atoms with Gasteiger partial charge in [-0.1, -0.05) is 66.6 Å². The summed E-state index contributed by atoms with van der Waals surface area (Å²) in [5, 5.41) is 2.90. The van der Waals surface area contributed by atoms with E-state index in [2.05, 4.69) is 5.32 Å². The van der Waals surface area contributed by atoms with Crippen molar-refractivity contribution in [3.05, 3.63) is 76.9 Å². The minimum Gasteiger partial charge on any atom is -0.452 e. The molecule has 0 bridgehead atoms. The second-order valence-electron chi connectivity index (χ2n) is 6.29. The molecule has 0 spiro atoms. The molecule has 1 N–H and O–H groups in total. The second-order valence-corrected chi connectivity index (χ2v) is 6.29. The van der Waals surface area contributed by atoms with Crippen molar-refractivity contribution in [3.63, 3.8) is 0 Å². The maximum atomic E-state index is 12.1. The Morgan fingerprint density at radius 2 is 1.58 bits per heavy atom. The van der Waals surface area contributed by atoms with Gasteiger partial charge in [0.05, 0.1) is 6.04 Å². The molecule has 2 aromatic carbocycles. The highest BCUT2D eigenvalue weighted by atomic mass is 16.5. The predicted molar refractivity (Wildman–Crippen MR) is 104 cm³/mol.